The molecule has 0 saturated heterocycles. The van der Waals surface area contributed by atoms with E-state index >= 15 is 17.6 Å². The molecule has 0 saturated carbocycles. The van der Waals surface area contributed by atoms with E-state index in [9.17, 15) is 26.3 Å². The Labute approximate surface area is 219 Å². The third-order valence-electron chi connectivity index (χ3n) is 6.01. The Balaban J connectivity index is 5.86. The van der Waals surface area contributed by atoms with Crippen LogP contribution < -0.4 is 0 Å². The Morgan fingerprint density at radius 3 is 1.03 bits per heavy atom. The van der Waals surface area contributed by atoms with Crippen molar-refractivity contribution in [1.29, 1.82) is 0 Å². The molecular formula is C24H42F10O2Sn. The van der Waals surface area contributed by atoms with Gasteiger partial charge in [-0.05, 0) is 0 Å². The molecule has 0 bridgehead atoms. The van der Waals surface area contributed by atoms with E-state index in [1.54, 1.807) is 0 Å². The van der Waals surface area contributed by atoms with E-state index < -0.39 is 78.3 Å². The van der Waals surface area contributed by atoms with E-state index in [2.05, 4.69) is 0 Å². The maximum absolute atomic E-state index is 15.3. The molecular weight excluding hydrogens is 629 g/mol. The minimum atomic E-state index is -7.30. The summed E-state index contributed by atoms with van der Waals surface area (Å²) in [5.74, 6) is 0. The number of alkyl halides is 10. The molecule has 0 heterocycles. The van der Waals surface area contributed by atoms with Crippen LogP contribution in [0.25, 0.3) is 0 Å². The van der Waals surface area contributed by atoms with E-state index in [1.807, 2.05) is 13.8 Å². The fourth-order valence-corrected chi connectivity index (χ4v) is 13.1. The molecule has 37 heavy (non-hydrogen) atoms. The topological polar surface area (TPSA) is 18.5 Å². The minimum absolute atomic E-state index is 0.0768. The van der Waals surface area contributed by atoms with Crippen molar-refractivity contribution in [1.82, 2.24) is 0 Å². The van der Waals surface area contributed by atoms with Crippen LogP contribution in [0.4, 0.5) is 43.9 Å². The van der Waals surface area contributed by atoms with Crippen molar-refractivity contribution in [2.24, 2.45) is 0 Å². The number of hydrogen-bond acceptors (Lipinski definition) is 2. The van der Waals surface area contributed by atoms with Crippen molar-refractivity contribution < 1.29 is 50.1 Å². The van der Waals surface area contributed by atoms with E-state index in [-0.39, 0.29) is 12.8 Å². The van der Waals surface area contributed by atoms with Crippen molar-refractivity contribution in [3.63, 3.8) is 0 Å². The summed E-state index contributed by atoms with van der Waals surface area (Å²) in [7, 11) is 0. The van der Waals surface area contributed by atoms with Crippen LogP contribution in [0.3, 0.4) is 0 Å². The third-order valence-corrected chi connectivity index (χ3v) is 16.4. The standard InChI is InChI=1S/2C8H17O.2C4H4F5.Sn/c2*1-2-3-4-5-6-7-8-9;2*5-3(6)1-2-4(7,8)9;/h2*2-8H2,1H3;2*1-2H2;/q2*-1;;;+2. The van der Waals surface area contributed by atoms with Crippen LogP contribution in [0.15, 0.2) is 0 Å². The summed E-state index contributed by atoms with van der Waals surface area (Å²) in [5, 5.41) is 0. The first-order chi connectivity index (χ1) is 17.0. The first kappa shape index (κ1) is 37.0. The second-order valence-electron chi connectivity index (χ2n) is 9.49. The van der Waals surface area contributed by atoms with E-state index in [4.69, 9.17) is 6.15 Å². The molecule has 0 radical (unpaired) electrons. The van der Waals surface area contributed by atoms with Crippen LogP contribution in [0, 0.1) is 0 Å². The monoisotopic (exact) mass is 672 g/mol. The van der Waals surface area contributed by atoms with Crippen LogP contribution in [-0.4, -0.2) is 52.6 Å². The van der Waals surface area contributed by atoms with Crippen LogP contribution in [0.2, 0.25) is 0 Å². The molecule has 0 aromatic heterocycles. The normalized spacial score (nSPS) is 13.9. The van der Waals surface area contributed by atoms with Crippen LogP contribution >= 0.6 is 0 Å². The molecule has 0 atom stereocenters. The summed E-state index contributed by atoms with van der Waals surface area (Å²) in [5.41, 5.74) is 0. The summed E-state index contributed by atoms with van der Waals surface area (Å²) >= 11 is -7.30. The average molecular weight is 671 g/mol. The van der Waals surface area contributed by atoms with Gasteiger partial charge in [-0.3, -0.25) is 0 Å². The molecule has 0 spiro atoms. The number of hydrogen-bond donors (Lipinski definition) is 0. The van der Waals surface area contributed by atoms with Crippen molar-refractivity contribution in [3.8, 4) is 0 Å². The van der Waals surface area contributed by atoms with Crippen LogP contribution in [-0.2, 0) is 6.15 Å². The Hall–Kier alpha value is 0.0187. The first-order valence-corrected chi connectivity index (χ1v) is 18.4. The van der Waals surface area contributed by atoms with Gasteiger partial charge in [0.05, 0.1) is 0 Å². The molecule has 0 aliphatic rings. The van der Waals surface area contributed by atoms with Gasteiger partial charge in [-0.25, -0.2) is 0 Å². The van der Waals surface area contributed by atoms with Crippen molar-refractivity contribution in [3.05, 3.63) is 0 Å². The molecule has 0 aliphatic heterocycles. The second kappa shape index (κ2) is 17.7. The average Bonchev–Trinajstić information content (AvgIpc) is 2.78. The molecule has 0 unspecified atom stereocenters. The van der Waals surface area contributed by atoms with Gasteiger partial charge >= 0.3 is 219 Å². The van der Waals surface area contributed by atoms with E-state index in [0.29, 0.717) is 25.7 Å². The van der Waals surface area contributed by atoms with Gasteiger partial charge < -0.3 is 0 Å². The SMILES string of the molecule is CCCCCCCC[O][Sn]([O]CCCCCCCC)([C](F)(F)CCC(F)(F)F)[C](F)(F)CCC(F)(F)F. The van der Waals surface area contributed by atoms with Crippen LogP contribution in [0.1, 0.15) is 117 Å². The molecule has 0 aromatic rings. The van der Waals surface area contributed by atoms with Crippen molar-refractivity contribution in [2.75, 3.05) is 13.2 Å². The number of rotatable bonds is 22. The van der Waals surface area contributed by atoms with Crippen molar-refractivity contribution in [2.45, 2.75) is 137 Å². The second-order valence-corrected chi connectivity index (χ2v) is 18.8. The molecule has 0 N–H and O–H groups in total. The van der Waals surface area contributed by atoms with Crippen LogP contribution in [0.5, 0.6) is 0 Å². The van der Waals surface area contributed by atoms with Gasteiger partial charge in [-0.1, -0.05) is 0 Å². The van der Waals surface area contributed by atoms with Gasteiger partial charge in [0.1, 0.15) is 0 Å². The molecule has 0 amide bonds. The Morgan fingerprint density at radius 2 is 0.730 bits per heavy atom. The number of unbranched alkanes of at least 4 members (excludes halogenated alkanes) is 10. The predicted octanol–water partition coefficient (Wildman–Crippen LogP) is 10.2. The van der Waals surface area contributed by atoms with Gasteiger partial charge in [-0.2, -0.15) is 0 Å². The van der Waals surface area contributed by atoms with Gasteiger partial charge in [0.25, 0.3) is 0 Å². The summed E-state index contributed by atoms with van der Waals surface area (Å²) < 4.78 is 139. The number of halogens is 10. The quantitative estimate of drug-likeness (QED) is 0.0648. The molecule has 0 aromatic carbocycles. The zero-order valence-electron chi connectivity index (χ0n) is 21.8. The zero-order chi connectivity index (χ0) is 28.6. The zero-order valence-corrected chi connectivity index (χ0v) is 24.7. The third kappa shape index (κ3) is 15.4. The predicted molar refractivity (Wildman–Crippen MR) is 125 cm³/mol. The fourth-order valence-electron chi connectivity index (χ4n) is 3.85. The molecule has 2 nitrogen and oxygen atoms in total. The summed E-state index contributed by atoms with van der Waals surface area (Å²) in [6.07, 6.45) is -10.6. The molecule has 0 aliphatic carbocycles. The molecule has 0 fully saturated rings. The fraction of sp³-hybridized carbons (Fsp3) is 1.00. The summed E-state index contributed by atoms with van der Waals surface area (Å²) in [6, 6.07) is 0. The van der Waals surface area contributed by atoms with Crippen molar-refractivity contribution >= 4 is 19.2 Å². The van der Waals surface area contributed by atoms with Gasteiger partial charge in [0, 0.05) is 0 Å². The summed E-state index contributed by atoms with van der Waals surface area (Å²) in [6.45, 7) is 2.70. The Kier molecular flexibility index (Phi) is 17.7. The van der Waals surface area contributed by atoms with E-state index in [1.165, 1.54) is 0 Å². The Bertz CT molecular complexity index is 533. The maximum atomic E-state index is 15.3. The van der Waals surface area contributed by atoms with Gasteiger partial charge in [0.15, 0.2) is 0 Å². The Morgan fingerprint density at radius 1 is 0.432 bits per heavy atom. The van der Waals surface area contributed by atoms with Gasteiger partial charge in [-0.15, -0.1) is 0 Å². The first-order valence-electron chi connectivity index (χ1n) is 13.2. The molecule has 13 heteroatoms. The van der Waals surface area contributed by atoms with Gasteiger partial charge in [0.2, 0.25) is 0 Å². The molecule has 224 valence electrons. The summed E-state index contributed by atoms with van der Waals surface area (Å²) in [4.78, 5) is 0. The molecule has 0 rings (SSSR count). The van der Waals surface area contributed by atoms with E-state index in [0.717, 1.165) is 38.5 Å².